The van der Waals surface area contributed by atoms with E-state index in [9.17, 15) is 0 Å². The Morgan fingerprint density at radius 1 is 1.31 bits per heavy atom. The summed E-state index contributed by atoms with van der Waals surface area (Å²) in [6.45, 7) is 2.77. The summed E-state index contributed by atoms with van der Waals surface area (Å²) in [6.07, 6.45) is 2.68. The first kappa shape index (κ1) is 11.1. The van der Waals surface area contributed by atoms with Crippen LogP contribution >= 0.6 is 11.6 Å². The predicted octanol–water partition coefficient (Wildman–Crippen LogP) is 3.06. The Morgan fingerprint density at radius 2 is 2.06 bits per heavy atom. The van der Waals surface area contributed by atoms with E-state index in [-0.39, 0.29) is 5.38 Å². The first-order chi connectivity index (χ1) is 7.79. The van der Waals surface area contributed by atoms with Gasteiger partial charge in [0.25, 0.3) is 0 Å². The summed E-state index contributed by atoms with van der Waals surface area (Å²) in [5.74, 6) is 0.776. The number of nitrogens with one attached hydrogen (secondary N) is 1. The van der Waals surface area contributed by atoms with Crippen molar-refractivity contribution in [1.29, 1.82) is 0 Å². The molecule has 0 aliphatic carbocycles. The maximum absolute atomic E-state index is 6.02. The topological polar surface area (TPSA) is 37.8 Å². The van der Waals surface area contributed by atoms with E-state index >= 15 is 0 Å². The molecule has 2 aromatic rings. The number of nitrogens with zero attached hydrogens (tertiary/aromatic N) is 2. The van der Waals surface area contributed by atoms with Gasteiger partial charge in [0.15, 0.2) is 0 Å². The molecule has 4 heteroatoms. The fourth-order valence-corrected chi connectivity index (χ4v) is 1.48. The highest BCUT2D eigenvalue weighted by molar-refractivity contribution is 6.20. The number of fused-ring (bicyclic) bond motifs is 1. The lowest BCUT2D eigenvalue weighted by molar-refractivity contribution is 0.840. The number of hydrogen-bond acceptors (Lipinski definition) is 3. The van der Waals surface area contributed by atoms with Crippen LogP contribution in [0.1, 0.15) is 13.3 Å². The van der Waals surface area contributed by atoms with Crippen LogP contribution in [0.15, 0.2) is 30.5 Å². The molecule has 1 aromatic heterocycles. The van der Waals surface area contributed by atoms with Crippen LogP contribution < -0.4 is 5.32 Å². The SMILES string of the molecule is CCC(Cl)CNc1cnc2ccccc2n1. The molecule has 0 bridgehead atoms. The quantitative estimate of drug-likeness (QED) is 0.828. The average Bonchev–Trinajstić information content (AvgIpc) is 2.35. The molecule has 1 N–H and O–H groups in total. The van der Waals surface area contributed by atoms with E-state index in [1.54, 1.807) is 6.20 Å². The van der Waals surface area contributed by atoms with Gasteiger partial charge >= 0.3 is 0 Å². The fraction of sp³-hybridized carbons (Fsp3) is 0.333. The molecule has 1 heterocycles. The Kier molecular flexibility index (Phi) is 3.57. The summed E-state index contributed by atoms with van der Waals surface area (Å²) in [6, 6.07) is 7.81. The molecule has 84 valence electrons. The number of hydrogen-bond donors (Lipinski definition) is 1. The van der Waals surface area contributed by atoms with Crippen molar-refractivity contribution in [2.24, 2.45) is 0 Å². The van der Waals surface area contributed by atoms with Gasteiger partial charge in [-0.1, -0.05) is 19.1 Å². The minimum atomic E-state index is 0.133. The van der Waals surface area contributed by atoms with Crippen molar-refractivity contribution in [2.75, 3.05) is 11.9 Å². The van der Waals surface area contributed by atoms with Crippen molar-refractivity contribution in [2.45, 2.75) is 18.7 Å². The van der Waals surface area contributed by atoms with Gasteiger partial charge in [-0.15, -0.1) is 11.6 Å². The second-order valence-corrected chi connectivity index (χ2v) is 4.25. The van der Waals surface area contributed by atoms with Crippen molar-refractivity contribution in [1.82, 2.24) is 9.97 Å². The molecule has 3 nitrogen and oxygen atoms in total. The van der Waals surface area contributed by atoms with E-state index in [2.05, 4.69) is 22.2 Å². The Balaban J connectivity index is 2.13. The van der Waals surface area contributed by atoms with Crippen molar-refractivity contribution in [3.05, 3.63) is 30.5 Å². The van der Waals surface area contributed by atoms with Crippen LogP contribution in [0.25, 0.3) is 11.0 Å². The van der Waals surface area contributed by atoms with Crippen molar-refractivity contribution < 1.29 is 0 Å². The number of aromatic nitrogens is 2. The summed E-state index contributed by atoms with van der Waals surface area (Å²) in [7, 11) is 0. The minimum absolute atomic E-state index is 0.133. The summed E-state index contributed by atoms with van der Waals surface area (Å²) in [5, 5.41) is 3.31. The number of halogens is 1. The van der Waals surface area contributed by atoms with Gasteiger partial charge in [-0.05, 0) is 18.6 Å². The normalized spacial score (nSPS) is 12.6. The maximum Gasteiger partial charge on any atom is 0.145 e. The Morgan fingerprint density at radius 3 is 2.81 bits per heavy atom. The molecular weight excluding hydrogens is 222 g/mol. The molecule has 1 aromatic carbocycles. The zero-order valence-corrected chi connectivity index (χ0v) is 9.91. The summed E-state index contributed by atoms with van der Waals surface area (Å²) in [4.78, 5) is 8.77. The van der Waals surface area contributed by atoms with Gasteiger partial charge < -0.3 is 5.32 Å². The van der Waals surface area contributed by atoms with Crippen LogP contribution in [0, 0.1) is 0 Å². The van der Waals surface area contributed by atoms with E-state index in [1.807, 2.05) is 24.3 Å². The minimum Gasteiger partial charge on any atom is -0.367 e. The van der Waals surface area contributed by atoms with Crippen LogP contribution in [0.5, 0.6) is 0 Å². The summed E-state index contributed by atoms with van der Waals surface area (Å²) in [5.41, 5.74) is 1.81. The molecule has 2 rings (SSSR count). The van der Waals surface area contributed by atoms with Crippen molar-refractivity contribution >= 4 is 28.5 Å². The van der Waals surface area contributed by atoms with Gasteiger partial charge in [0, 0.05) is 6.54 Å². The van der Waals surface area contributed by atoms with Crippen molar-refractivity contribution in [3.63, 3.8) is 0 Å². The smallest absolute Gasteiger partial charge is 0.145 e. The van der Waals surface area contributed by atoms with E-state index in [0.29, 0.717) is 6.54 Å². The third kappa shape index (κ3) is 2.61. The summed E-state index contributed by atoms with van der Waals surface area (Å²) >= 11 is 6.02. The highest BCUT2D eigenvalue weighted by Crippen LogP contribution is 2.11. The lowest BCUT2D eigenvalue weighted by Gasteiger charge is -2.09. The van der Waals surface area contributed by atoms with Gasteiger partial charge in [-0.2, -0.15) is 0 Å². The lowest BCUT2D eigenvalue weighted by atomic mass is 10.3. The first-order valence-corrected chi connectivity index (χ1v) is 5.83. The zero-order valence-electron chi connectivity index (χ0n) is 9.15. The predicted molar refractivity (Wildman–Crippen MR) is 68.0 cm³/mol. The fourth-order valence-electron chi connectivity index (χ4n) is 1.40. The third-order valence-electron chi connectivity index (χ3n) is 2.40. The first-order valence-electron chi connectivity index (χ1n) is 5.39. The molecule has 1 atom stereocenters. The standard InChI is InChI=1S/C12H14ClN3/c1-2-9(13)7-15-12-8-14-10-5-3-4-6-11(10)16-12/h3-6,8-9H,2,7H2,1H3,(H,15,16). The van der Waals surface area contributed by atoms with Crippen LogP contribution in [0.4, 0.5) is 5.82 Å². The number of anilines is 1. The number of benzene rings is 1. The van der Waals surface area contributed by atoms with Gasteiger partial charge in [0.2, 0.25) is 0 Å². The van der Waals surface area contributed by atoms with Crippen LogP contribution in [-0.2, 0) is 0 Å². The van der Waals surface area contributed by atoms with E-state index < -0.39 is 0 Å². The third-order valence-corrected chi connectivity index (χ3v) is 2.86. The lowest BCUT2D eigenvalue weighted by Crippen LogP contribution is -2.14. The second-order valence-electron chi connectivity index (χ2n) is 3.63. The Labute approximate surface area is 99.9 Å². The molecule has 0 amide bonds. The second kappa shape index (κ2) is 5.12. The number of para-hydroxylation sites is 2. The van der Waals surface area contributed by atoms with E-state index in [1.165, 1.54) is 0 Å². The molecule has 0 saturated heterocycles. The van der Waals surface area contributed by atoms with Gasteiger partial charge in [-0.25, -0.2) is 4.98 Å². The molecule has 0 spiro atoms. The molecule has 0 saturated carbocycles. The Bertz CT molecular complexity index is 473. The van der Waals surface area contributed by atoms with Crippen molar-refractivity contribution in [3.8, 4) is 0 Å². The van der Waals surface area contributed by atoms with Gasteiger partial charge in [0.05, 0.1) is 22.6 Å². The number of rotatable bonds is 4. The Hall–Kier alpha value is -1.35. The average molecular weight is 236 g/mol. The van der Waals surface area contributed by atoms with E-state index in [4.69, 9.17) is 11.6 Å². The van der Waals surface area contributed by atoms with E-state index in [0.717, 1.165) is 23.3 Å². The van der Waals surface area contributed by atoms with Crippen LogP contribution in [0.3, 0.4) is 0 Å². The number of alkyl halides is 1. The molecule has 16 heavy (non-hydrogen) atoms. The molecular formula is C12H14ClN3. The monoisotopic (exact) mass is 235 g/mol. The van der Waals surface area contributed by atoms with Gasteiger partial charge in [-0.3, -0.25) is 4.98 Å². The molecule has 0 aliphatic heterocycles. The zero-order chi connectivity index (χ0) is 11.4. The molecule has 0 radical (unpaired) electrons. The molecule has 0 aliphatic rings. The highest BCUT2D eigenvalue weighted by atomic mass is 35.5. The molecule has 1 unspecified atom stereocenters. The maximum atomic E-state index is 6.02. The largest absolute Gasteiger partial charge is 0.367 e. The van der Waals surface area contributed by atoms with Crippen LogP contribution in [-0.4, -0.2) is 21.9 Å². The van der Waals surface area contributed by atoms with Crippen LogP contribution in [0.2, 0.25) is 0 Å². The highest BCUT2D eigenvalue weighted by Gasteiger charge is 2.02. The van der Waals surface area contributed by atoms with Gasteiger partial charge in [0.1, 0.15) is 5.82 Å². The summed E-state index contributed by atoms with van der Waals surface area (Å²) < 4.78 is 0. The molecule has 0 fully saturated rings.